The first-order valence-corrected chi connectivity index (χ1v) is 13.7. The van der Waals surface area contributed by atoms with Crippen LogP contribution in [0.3, 0.4) is 0 Å². The van der Waals surface area contributed by atoms with Gasteiger partial charge in [0.05, 0.1) is 4.90 Å². The molecule has 1 amide bonds. The highest BCUT2D eigenvalue weighted by molar-refractivity contribution is 7.90. The number of nitrogens with one attached hydrogen (secondary N) is 2. The molecular weight excluding hydrogens is 448 g/mol. The summed E-state index contributed by atoms with van der Waals surface area (Å²) in [5.74, 6) is 0.523. The fraction of sp³-hybridized carbons (Fsp3) is 0.462. The van der Waals surface area contributed by atoms with E-state index < -0.39 is 16.1 Å². The van der Waals surface area contributed by atoms with Crippen LogP contribution in [0.1, 0.15) is 50.2 Å². The third-order valence-corrected chi connectivity index (χ3v) is 7.90. The zero-order chi connectivity index (χ0) is 24.0. The van der Waals surface area contributed by atoms with Crippen molar-refractivity contribution in [1.82, 2.24) is 14.9 Å². The maximum Gasteiger partial charge on any atom is 0.263 e. The van der Waals surface area contributed by atoms with Crippen molar-refractivity contribution < 1.29 is 13.2 Å². The standard InChI is InChI=1S/C26H34N4O3S/c1-2-3-14-23(28-25-22-13-7-8-15-24(22)34(32,33)29-25)26(31)27-17-21-12-9-16-30(19-21)18-20-10-5-4-6-11-20/h4-8,10-11,13,15,21,23H,2-3,9,12,14,16-19H2,1H3,(H,27,31)(H,28,29)/t21-,23-/m0/s1. The molecule has 0 aromatic heterocycles. The normalized spacial score (nSPS) is 21.6. The van der Waals surface area contributed by atoms with Crippen LogP contribution < -0.4 is 10.0 Å². The molecule has 1 fully saturated rings. The Labute approximate surface area is 202 Å². The van der Waals surface area contributed by atoms with E-state index in [1.807, 2.05) is 6.07 Å². The smallest absolute Gasteiger partial charge is 0.263 e. The van der Waals surface area contributed by atoms with Crippen LogP contribution in [0.5, 0.6) is 0 Å². The van der Waals surface area contributed by atoms with Gasteiger partial charge in [0.25, 0.3) is 10.0 Å². The Kier molecular flexibility index (Phi) is 8.00. The van der Waals surface area contributed by atoms with E-state index >= 15 is 0 Å². The molecular formula is C26H34N4O3S. The number of benzene rings is 2. The lowest BCUT2D eigenvalue weighted by molar-refractivity contribution is -0.122. The van der Waals surface area contributed by atoms with E-state index in [9.17, 15) is 13.2 Å². The van der Waals surface area contributed by atoms with Gasteiger partial charge in [-0.3, -0.25) is 19.4 Å². The van der Waals surface area contributed by atoms with Gasteiger partial charge in [-0.15, -0.1) is 0 Å². The van der Waals surface area contributed by atoms with Crippen molar-refractivity contribution in [3.63, 3.8) is 0 Å². The number of likely N-dealkylation sites (tertiary alicyclic amines) is 1. The number of nitrogens with zero attached hydrogens (tertiary/aromatic N) is 2. The number of amidine groups is 1. The summed E-state index contributed by atoms with van der Waals surface area (Å²) in [5, 5.41) is 3.11. The van der Waals surface area contributed by atoms with Gasteiger partial charge < -0.3 is 5.32 Å². The second-order valence-corrected chi connectivity index (χ2v) is 10.9. The van der Waals surface area contributed by atoms with Crippen LogP contribution in [-0.2, 0) is 21.4 Å². The SMILES string of the molecule is CCCC[C@H](N=C1NS(=O)(=O)c2ccccc21)C(=O)NC[C@@H]1CCCN(Cc2ccccc2)C1. The van der Waals surface area contributed by atoms with Gasteiger partial charge >= 0.3 is 0 Å². The van der Waals surface area contributed by atoms with Crippen molar-refractivity contribution >= 4 is 21.8 Å². The molecule has 0 aliphatic carbocycles. The molecule has 0 bridgehead atoms. The zero-order valence-corrected chi connectivity index (χ0v) is 20.6. The molecule has 182 valence electrons. The summed E-state index contributed by atoms with van der Waals surface area (Å²) >= 11 is 0. The Morgan fingerprint density at radius 3 is 2.74 bits per heavy atom. The molecule has 1 saturated heterocycles. The third-order valence-electron chi connectivity index (χ3n) is 6.50. The first-order valence-electron chi connectivity index (χ1n) is 12.2. The number of hydrogen-bond donors (Lipinski definition) is 2. The lowest BCUT2D eigenvalue weighted by Crippen LogP contribution is -2.43. The largest absolute Gasteiger partial charge is 0.354 e. The molecule has 2 aromatic rings. The van der Waals surface area contributed by atoms with Crippen molar-refractivity contribution in [3.8, 4) is 0 Å². The van der Waals surface area contributed by atoms with Crippen molar-refractivity contribution in [3.05, 3.63) is 65.7 Å². The number of carbonyl (C=O) groups is 1. The third kappa shape index (κ3) is 6.04. The molecule has 8 heteroatoms. The molecule has 7 nitrogen and oxygen atoms in total. The molecule has 0 spiro atoms. The van der Waals surface area contributed by atoms with Crippen molar-refractivity contribution in [1.29, 1.82) is 0 Å². The molecule has 2 aliphatic heterocycles. The topological polar surface area (TPSA) is 90.9 Å². The van der Waals surface area contributed by atoms with E-state index in [-0.39, 0.29) is 16.6 Å². The van der Waals surface area contributed by atoms with E-state index in [2.05, 4.69) is 51.1 Å². The zero-order valence-electron chi connectivity index (χ0n) is 19.7. The van der Waals surface area contributed by atoms with Gasteiger partial charge in [0, 0.05) is 25.2 Å². The number of fused-ring (bicyclic) bond motifs is 1. The van der Waals surface area contributed by atoms with E-state index in [0.717, 1.165) is 45.3 Å². The number of aliphatic imine (C=N–C) groups is 1. The quantitative estimate of drug-likeness (QED) is 0.574. The maximum absolute atomic E-state index is 13.1. The van der Waals surface area contributed by atoms with Crippen molar-refractivity contribution in [2.75, 3.05) is 19.6 Å². The second-order valence-electron chi connectivity index (χ2n) is 9.21. The van der Waals surface area contributed by atoms with Gasteiger partial charge in [-0.2, -0.15) is 0 Å². The summed E-state index contributed by atoms with van der Waals surface area (Å²) in [6.45, 7) is 5.64. The minimum absolute atomic E-state index is 0.135. The lowest BCUT2D eigenvalue weighted by Gasteiger charge is -2.33. The van der Waals surface area contributed by atoms with Gasteiger partial charge in [-0.05, 0) is 49.4 Å². The van der Waals surface area contributed by atoms with Gasteiger partial charge in [-0.25, -0.2) is 8.42 Å². The molecule has 0 radical (unpaired) electrons. The van der Waals surface area contributed by atoms with E-state index in [1.54, 1.807) is 24.3 Å². The molecule has 2 heterocycles. The van der Waals surface area contributed by atoms with E-state index in [1.165, 1.54) is 5.56 Å². The van der Waals surface area contributed by atoms with Gasteiger partial charge in [-0.1, -0.05) is 62.2 Å². The molecule has 4 rings (SSSR count). The van der Waals surface area contributed by atoms with Crippen LogP contribution in [0.4, 0.5) is 0 Å². The Hall–Kier alpha value is -2.71. The number of carbonyl (C=O) groups excluding carboxylic acids is 1. The fourth-order valence-electron chi connectivity index (χ4n) is 4.70. The Balaban J connectivity index is 1.39. The monoisotopic (exact) mass is 482 g/mol. The Morgan fingerprint density at radius 2 is 1.94 bits per heavy atom. The summed E-state index contributed by atoms with van der Waals surface area (Å²) in [4.78, 5) is 20.4. The minimum atomic E-state index is -3.63. The van der Waals surface area contributed by atoms with Crippen LogP contribution >= 0.6 is 0 Å². The van der Waals surface area contributed by atoms with E-state index in [0.29, 0.717) is 24.4 Å². The molecule has 2 aromatic carbocycles. The van der Waals surface area contributed by atoms with Crippen LogP contribution in [0.2, 0.25) is 0 Å². The number of unbranched alkanes of at least 4 members (excludes halogenated alkanes) is 1. The first kappa shape index (κ1) is 24.4. The fourth-order valence-corrected chi connectivity index (χ4v) is 5.94. The van der Waals surface area contributed by atoms with Gasteiger partial charge in [0.1, 0.15) is 11.9 Å². The van der Waals surface area contributed by atoms with Crippen molar-refractivity contribution in [2.45, 2.75) is 56.5 Å². The Morgan fingerprint density at radius 1 is 1.18 bits per heavy atom. The van der Waals surface area contributed by atoms with Gasteiger partial charge in [0.15, 0.2) is 0 Å². The number of hydrogen-bond acceptors (Lipinski definition) is 5. The predicted octanol–water partition coefficient (Wildman–Crippen LogP) is 3.31. The molecule has 2 N–H and O–H groups in total. The molecule has 0 unspecified atom stereocenters. The van der Waals surface area contributed by atoms with E-state index in [4.69, 9.17) is 0 Å². The Bertz CT molecular complexity index is 1120. The number of piperidine rings is 1. The number of rotatable bonds is 9. The first-order chi connectivity index (χ1) is 16.5. The van der Waals surface area contributed by atoms with Crippen LogP contribution in [0.25, 0.3) is 0 Å². The maximum atomic E-state index is 13.1. The average Bonchev–Trinajstić information content (AvgIpc) is 3.11. The summed E-state index contributed by atoms with van der Waals surface area (Å²) in [5.41, 5.74) is 1.84. The molecule has 34 heavy (non-hydrogen) atoms. The number of amides is 1. The summed E-state index contributed by atoms with van der Waals surface area (Å²) < 4.78 is 27.4. The van der Waals surface area contributed by atoms with Crippen molar-refractivity contribution in [2.24, 2.45) is 10.9 Å². The highest BCUT2D eigenvalue weighted by Crippen LogP contribution is 2.23. The van der Waals surface area contributed by atoms with Gasteiger partial charge in [0.2, 0.25) is 5.91 Å². The van der Waals surface area contributed by atoms with Crippen LogP contribution in [0.15, 0.2) is 64.5 Å². The molecule has 2 atom stereocenters. The predicted molar refractivity (Wildman–Crippen MR) is 134 cm³/mol. The summed E-state index contributed by atoms with van der Waals surface area (Å²) in [6, 6.07) is 16.6. The summed E-state index contributed by atoms with van der Waals surface area (Å²) in [6.07, 6.45) is 4.58. The summed E-state index contributed by atoms with van der Waals surface area (Å²) in [7, 11) is -3.63. The second kappa shape index (κ2) is 11.1. The van der Waals surface area contributed by atoms with Crippen LogP contribution in [-0.4, -0.2) is 50.7 Å². The lowest BCUT2D eigenvalue weighted by atomic mass is 9.97. The molecule has 0 saturated carbocycles. The average molecular weight is 483 g/mol. The minimum Gasteiger partial charge on any atom is -0.354 e. The highest BCUT2D eigenvalue weighted by Gasteiger charge is 2.32. The molecule has 2 aliphatic rings. The highest BCUT2D eigenvalue weighted by atomic mass is 32.2. The van der Waals surface area contributed by atoms with Crippen LogP contribution in [0, 0.1) is 5.92 Å². The number of sulfonamides is 1.